The molecule has 5 nitrogen and oxygen atoms in total. The molecule has 0 fully saturated rings. The van der Waals surface area contributed by atoms with Gasteiger partial charge in [0, 0.05) is 37.9 Å². The Hall–Kier alpha value is -2.04. The molecular formula is C15H22N4O. The van der Waals surface area contributed by atoms with Crippen LogP contribution in [0.2, 0.25) is 0 Å². The number of hydrogen-bond acceptors (Lipinski definition) is 2. The number of amides is 2. The maximum Gasteiger partial charge on any atom is 0.314 e. The Morgan fingerprint density at radius 2 is 2.20 bits per heavy atom. The first kappa shape index (κ1) is 14.4. The van der Waals surface area contributed by atoms with Gasteiger partial charge in [-0.15, -0.1) is 0 Å². The minimum Gasteiger partial charge on any atom is -0.338 e. The van der Waals surface area contributed by atoms with E-state index in [4.69, 9.17) is 0 Å². The van der Waals surface area contributed by atoms with E-state index in [0.29, 0.717) is 19.0 Å². The van der Waals surface area contributed by atoms with Crippen LogP contribution < -0.4 is 10.6 Å². The molecule has 0 aromatic carbocycles. The van der Waals surface area contributed by atoms with Crippen molar-refractivity contribution in [3.63, 3.8) is 0 Å². The molecule has 108 valence electrons. The molecule has 20 heavy (non-hydrogen) atoms. The van der Waals surface area contributed by atoms with Crippen molar-refractivity contribution in [1.29, 1.82) is 0 Å². The van der Waals surface area contributed by atoms with Gasteiger partial charge in [-0.3, -0.25) is 0 Å². The van der Waals surface area contributed by atoms with Crippen LogP contribution >= 0.6 is 0 Å². The fourth-order valence-electron chi connectivity index (χ4n) is 2.16. The van der Waals surface area contributed by atoms with E-state index in [0.717, 1.165) is 17.5 Å². The van der Waals surface area contributed by atoms with Crippen molar-refractivity contribution in [2.24, 2.45) is 13.0 Å². The molecule has 0 aliphatic carbocycles. The average molecular weight is 274 g/mol. The summed E-state index contributed by atoms with van der Waals surface area (Å²) >= 11 is 0. The highest BCUT2D eigenvalue weighted by Crippen LogP contribution is 2.18. The Bertz CT molecular complexity index is 589. The standard InChI is InChI=1S/C15H22N4O/c1-11(2)9-18-15(20)17-8-6-12-10-19(3)14-13(12)5-4-7-16-14/h4-5,7,10-11H,6,8-9H2,1-3H3,(H2,17,18,20). The topological polar surface area (TPSA) is 59.0 Å². The maximum absolute atomic E-state index is 11.6. The van der Waals surface area contributed by atoms with Crippen molar-refractivity contribution in [2.75, 3.05) is 13.1 Å². The molecular weight excluding hydrogens is 252 g/mol. The summed E-state index contributed by atoms with van der Waals surface area (Å²) < 4.78 is 2.02. The van der Waals surface area contributed by atoms with E-state index in [9.17, 15) is 4.79 Å². The minimum atomic E-state index is -0.0999. The molecule has 0 spiro atoms. The summed E-state index contributed by atoms with van der Waals surface area (Å²) in [6, 6.07) is 3.91. The molecule has 5 heteroatoms. The number of hydrogen-bond donors (Lipinski definition) is 2. The van der Waals surface area contributed by atoms with Gasteiger partial charge < -0.3 is 15.2 Å². The molecule has 0 bridgehead atoms. The van der Waals surface area contributed by atoms with Crippen molar-refractivity contribution in [3.05, 3.63) is 30.1 Å². The summed E-state index contributed by atoms with van der Waals surface area (Å²) in [5.74, 6) is 0.463. The van der Waals surface area contributed by atoms with E-state index >= 15 is 0 Å². The van der Waals surface area contributed by atoms with Crippen LogP contribution in [0.5, 0.6) is 0 Å². The Kier molecular flexibility index (Phi) is 4.61. The van der Waals surface area contributed by atoms with Gasteiger partial charge >= 0.3 is 6.03 Å². The SMILES string of the molecule is CC(C)CNC(=O)NCCc1cn(C)c2ncccc12. The lowest BCUT2D eigenvalue weighted by Gasteiger charge is -2.09. The third-order valence-corrected chi connectivity index (χ3v) is 3.17. The van der Waals surface area contributed by atoms with Gasteiger partial charge in [0.1, 0.15) is 5.65 Å². The van der Waals surface area contributed by atoms with Crippen LogP contribution in [0.15, 0.2) is 24.5 Å². The van der Waals surface area contributed by atoms with Crippen molar-refractivity contribution >= 4 is 17.1 Å². The summed E-state index contributed by atoms with van der Waals surface area (Å²) in [5, 5.41) is 6.88. The van der Waals surface area contributed by atoms with Crippen LogP contribution in [0.4, 0.5) is 4.79 Å². The largest absolute Gasteiger partial charge is 0.338 e. The summed E-state index contributed by atoms with van der Waals surface area (Å²) in [5.41, 5.74) is 2.19. The van der Waals surface area contributed by atoms with Crippen LogP contribution in [-0.4, -0.2) is 28.7 Å². The van der Waals surface area contributed by atoms with E-state index in [1.807, 2.05) is 17.7 Å². The quantitative estimate of drug-likeness (QED) is 0.877. The van der Waals surface area contributed by atoms with Crippen LogP contribution in [-0.2, 0) is 13.5 Å². The smallest absolute Gasteiger partial charge is 0.314 e. The number of nitrogens with zero attached hydrogens (tertiary/aromatic N) is 2. The zero-order chi connectivity index (χ0) is 14.5. The number of urea groups is 1. The predicted octanol–water partition coefficient (Wildman–Crippen LogP) is 2.07. The highest BCUT2D eigenvalue weighted by molar-refractivity contribution is 5.80. The van der Waals surface area contributed by atoms with Crippen LogP contribution in [0.1, 0.15) is 19.4 Å². The molecule has 2 N–H and O–H groups in total. The second-order valence-corrected chi connectivity index (χ2v) is 5.42. The van der Waals surface area contributed by atoms with E-state index in [1.165, 1.54) is 5.56 Å². The molecule has 2 heterocycles. The number of pyridine rings is 1. The molecule has 2 amide bonds. The molecule has 2 aromatic rings. The maximum atomic E-state index is 11.6. The summed E-state index contributed by atoms with van der Waals surface area (Å²) in [4.78, 5) is 15.9. The van der Waals surface area contributed by atoms with Gasteiger partial charge in [-0.1, -0.05) is 13.8 Å². The molecule has 0 atom stereocenters. The normalized spacial score (nSPS) is 11.0. The number of carbonyl (C=O) groups excluding carboxylic acids is 1. The lowest BCUT2D eigenvalue weighted by molar-refractivity contribution is 0.239. The molecule has 0 radical (unpaired) electrons. The monoisotopic (exact) mass is 274 g/mol. The van der Waals surface area contributed by atoms with Crippen molar-refractivity contribution < 1.29 is 4.79 Å². The minimum absolute atomic E-state index is 0.0999. The van der Waals surface area contributed by atoms with Gasteiger partial charge in [-0.05, 0) is 30.0 Å². The lowest BCUT2D eigenvalue weighted by Crippen LogP contribution is -2.38. The van der Waals surface area contributed by atoms with E-state index in [1.54, 1.807) is 6.20 Å². The predicted molar refractivity (Wildman–Crippen MR) is 80.7 cm³/mol. The Balaban J connectivity index is 1.89. The highest BCUT2D eigenvalue weighted by Gasteiger charge is 2.07. The fourth-order valence-corrected chi connectivity index (χ4v) is 2.16. The average Bonchev–Trinajstić information content (AvgIpc) is 2.74. The first-order valence-corrected chi connectivity index (χ1v) is 6.98. The fraction of sp³-hybridized carbons (Fsp3) is 0.467. The highest BCUT2D eigenvalue weighted by atomic mass is 16.2. The number of fused-ring (bicyclic) bond motifs is 1. The number of rotatable bonds is 5. The Morgan fingerprint density at radius 3 is 2.95 bits per heavy atom. The van der Waals surface area contributed by atoms with E-state index < -0.39 is 0 Å². The number of aryl methyl sites for hydroxylation is 1. The zero-order valence-corrected chi connectivity index (χ0v) is 12.3. The summed E-state index contributed by atoms with van der Waals surface area (Å²) in [7, 11) is 1.99. The van der Waals surface area contributed by atoms with Crippen LogP contribution in [0.3, 0.4) is 0 Å². The zero-order valence-electron chi connectivity index (χ0n) is 12.3. The number of nitrogens with one attached hydrogen (secondary N) is 2. The van der Waals surface area contributed by atoms with Crippen molar-refractivity contribution in [3.8, 4) is 0 Å². The van der Waals surface area contributed by atoms with Crippen LogP contribution in [0, 0.1) is 5.92 Å². The van der Waals surface area contributed by atoms with Crippen LogP contribution in [0.25, 0.3) is 11.0 Å². The Morgan fingerprint density at radius 1 is 1.40 bits per heavy atom. The second-order valence-electron chi connectivity index (χ2n) is 5.42. The van der Waals surface area contributed by atoms with E-state index in [-0.39, 0.29) is 6.03 Å². The van der Waals surface area contributed by atoms with Gasteiger partial charge in [0.05, 0.1) is 0 Å². The molecule has 2 aromatic heterocycles. The number of aromatic nitrogens is 2. The Labute approximate surface area is 119 Å². The molecule has 0 aliphatic heterocycles. The molecule has 0 saturated heterocycles. The third kappa shape index (κ3) is 3.50. The molecule has 0 unspecified atom stereocenters. The number of carbonyl (C=O) groups is 1. The van der Waals surface area contributed by atoms with Gasteiger partial charge in [-0.2, -0.15) is 0 Å². The molecule has 0 saturated carbocycles. The van der Waals surface area contributed by atoms with Gasteiger partial charge in [0.15, 0.2) is 0 Å². The summed E-state index contributed by atoms with van der Waals surface area (Å²) in [6.07, 6.45) is 4.67. The van der Waals surface area contributed by atoms with E-state index in [2.05, 4.69) is 41.7 Å². The molecule has 2 rings (SSSR count). The van der Waals surface area contributed by atoms with Gasteiger partial charge in [0.25, 0.3) is 0 Å². The van der Waals surface area contributed by atoms with Gasteiger partial charge in [-0.25, -0.2) is 9.78 Å². The lowest BCUT2D eigenvalue weighted by atomic mass is 10.1. The second kappa shape index (κ2) is 6.41. The first-order chi connectivity index (χ1) is 9.58. The first-order valence-electron chi connectivity index (χ1n) is 6.98. The van der Waals surface area contributed by atoms with Crippen molar-refractivity contribution in [2.45, 2.75) is 20.3 Å². The molecule has 0 aliphatic rings. The van der Waals surface area contributed by atoms with Crippen molar-refractivity contribution in [1.82, 2.24) is 20.2 Å². The third-order valence-electron chi connectivity index (χ3n) is 3.17. The van der Waals surface area contributed by atoms with Gasteiger partial charge in [0.2, 0.25) is 0 Å². The summed E-state index contributed by atoms with van der Waals surface area (Å²) in [6.45, 7) is 5.47.